The van der Waals surface area contributed by atoms with Gasteiger partial charge in [0.1, 0.15) is 9.84 Å². The van der Waals surface area contributed by atoms with Crippen LogP contribution in [0.5, 0.6) is 0 Å². The number of ether oxygens (including phenoxy) is 1. The van der Waals surface area contributed by atoms with Crippen LogP contribution < -0.4 is 5.32 Å². The Balaban J connectivity index is 3.44. The van der Waals surface area contributed by atoms with Crippen molar-refractivity contribution in [3.8, 4) is 0 Å². The van der Waals surface area contributed by atoms with Crippen molar-refractivity contribution in [3.05, 3.63) is 0 Å². The lowest BCUT2D eigenvalue weighted by Crippen LogP contribution is -2.32. The van der Waals surface area contributed by atoms with E-state index < -0.39 is 9.84 Å². The van der Waals surface area contributed by atoms with Crippen molar-refractivity contribution >= 4 is 9.84 Å². The van der Waals surface area contributed by atoms with Crippen LogP contribution in [0.4, 0.5) is 0 Å². The first kappa shape index (κ1) is 16.8. The molecular weight excluding hydrogens is 240 g/mol. The van der Waals surface area contributed by atoms with Gasteiger partial charge < -0.3 is 15.0 Å². The molecule has 0 fully saturated rings. The van der Waals surface area contributed by atoms with Crippen molar-refractivity contribution in [2.75, 3.05) is 58.4 Å². The van der Waals surface area contributed by atoms with Gasteiger partial charge in [-0.3, -0.25) is 0 Å². The first-order valence-corrected chi connectivity index (χ1v) is 7.92. The van der Waals surface area contributed by atoms with Crippen LogP contribution in [0.3, 0.4) is 0 Å². The van der Waals surface area contributed by atoms with Gasteiger partial charge in [-0.15, -0.1) is 0 Å². The lowest BCUT2D eigenvalue weighted by Gasteiger charge is -2.16. The number of rotatable bonds is 11. The number of methoxy groups -OCH3 is 1. The molecule has 0 aliphatic carbocycles. The number of likely N-dealkylation sites (N-methyl/N-ethyl adjacent to an activating group) is 1. The minimum absolute atomic E-state index is 0.245. The molecule has 0 aliphatic heterocycles. The Kier molecular flexibility index (Phi) is 9.72. The lowest BCUT2D eigenvalue weighted by atomic mass is 10.4. The Morgan fingerprint density at radius 2 is 1.94 bits per heavy atom. The second-order valence-electron chi connectivity index (χ2n) is 4.14. The van der Waals surface area contributed by atoms with Crippen LogP contribution in [0.1, 0.15) is 13.3 Å². The summed E-state index contributed by atoms with van der Waals surface area (Å²) in [6.45, 7) is 5.92. The molecule has 104 valence electrons. The molecule has 0 rings (SSSR count). The molecule has 0 atom stereocenters. The van der Waals surface area contributed by atoms with Crippen LogP contribution in [-0.4, -0.2) is 71.8 Å². The lowest BCUT2D eigenvalue weighted by molar-refractivity contribution is 0.198. The quantitative estimate of drug-likeness (QED) is 0.533. The summed E-state index contributed by atoms with van der Waals surface area (Å²) in [5.74, 6) is 0.542. The van der Waals surface area contributed by atoms with E-state index in [4.69, 9.17) is 4.74 Å². The zero-order valence-electron chi connectivity index (χ0n) is 11.2. The van der Waals surface area contributed by atoms with E-state index in [1.54, 1.807) is 14.0 Å². The van der Waals surface area contributed by atoms with Gasteiger partial charge >= 0.3 is 0 Å². The average molecular weight is 266 g/mol. The topological polar surface area (TPSA) is 58.6 Å². The van der Waals surface area contributed by atoms with Crippen LogP contribution in [0, 0.1) is 0 Å². The highest BCUT2D eigenvalue weighted by Crippen LogP contribution is 1.95. The largest absolute Gasteiger partial charge is 0.383 e. The van der Waals surface area contributed by atoms with Gasteiger partial charge in [0.05, 0.1) is 12.4 Å². The van der Waals surface area contributed by atoms with E-state index in [2.05, 4.69) is 10.2 Å². The van der Waals surface area contributed by atoms with Crippen LogP contribution in [0.15, 0.2) is 0 Å². The Morgan fingerprint density at radius 1 is 1.24 bits per heavy atom. The number of sulfone groups is 1. The number of nitrogens with one attached hydrogen (secondary N) is 1. The highest BCUT2D eigenvalue weighted by atomic mass is 32.2. The first-order chi connectivity index (χ1) is 8.02. The first-order valence-electron chi connectivity index (χ1n) is 6.10. The Labute approximate surface area is 105 Å². The van der Waals surface area contributed by atoms with Crippen molar-refractivity contribution in [3.63, 3.8) is 0 Å². The van der Waals surface area contributed by atoms with Gasteiger partial charge in [-0.2, -0.15) is 0 Å². The van der Waals surface area contributed by atoms with E-state index >= 15 is 0 Å². The molecule has 0 radical (unpaired) electrons. The highest BCUT2D eigenvalue weighted by molar-refractivity contribution is 7.91. The van der Waals surface area contributed by atoms with Crippen molar-refractivity contribution in [1.82, 2.24) is 10.2 Å². The summed E-state index contributed by atoms with van der Waals surface area (Å²) in [4.78, 5) is 2.14. The maximum Gasteiger partial charge on any atom is 0.150 e. The molecule has 0 unspecified atom stereocenters. The molecule has 0 heterocycles. The van der Waals surface area contributed by atoms with E-state index in [9.17, 15) is 8.42 Å². The third kappa shape index (κ3) is 10.7. The Morgan fingerprint density at radius 3 is 2.53 bits per heavy atom. The van der Waals surface area contributed by atoms with Crippen molar-refractivity contribution in [2.45, 2.75) is 13.3 Å². The van der Waals surface area contributed by atoms with Crippen LogP contribution >= 0.6 is 0 Å². The van der Waals surface area contributed by atoms with E-state index in [-0.39, 0.29) is 5.75 Å². The molecule has 0 aromatic rings. The van der Waals surface area contributed by atoms with Gasteiger partial charge in [0.2, 0.25) is 0 Å². The van der Waals surface area contributed by atoms with Gasteiger partial charge in [0.15, 0.2) is 0 Å². The third-order valence-electron chi connectivity index (χ3n) is 2.59. The molecule has 0 aliphatic rings. The predicted molar refractivity (Wildman–Crippen MR) is 71.2 cm³/mol. The van der Waals surface area contributed by atoms with Crippen LogP contribution in [0.25, 0.3) is 0 Å². The molecule has 1 N–H and O–H groups in total. The van der Waals surface area contributed by atoms with Crippen molar-refractivity contribution < 1.29 is 13.2 Å². The predicted octanol–water partition coefficient (Wildman–Crippen LogP) is -0.0210. The molecule has 0 aromatic heterocycles. The summed E-state index contributed by atoms with van der Waals surface area (Å²) in [5.41, 5.74) is 0. The second kappa shape index (κ2) is 9.82. The molecule has 6 heteroatoms. The second-order valence-corrected chi connectivity index (χ2v) is 6.61. The van der Waals surface area contributed by atoms with E-state index in [1.165, 1.54) is 0 Å². The van der Waals surface area contributed by atoms with Gasteiger partial charge in [-0.05, 0) is 20.0 Å². The SMILES string of the molecule is CCS(=O)(=O)CCCN(C)CCNCCOC. The Hall–Kier alpha value is -0.170. The summed E-state index contributed by atoms with van der Waals surface area (Å²) in [6, 6.07) is 0. The zero-order valence-corrected chi connectivity index (χ0v) is 12.1. The number of hydrogen-bond donors (Lipinski definition) is 1. The smallest absolute Gasteiger partial charge is 0.150 e. The maximum absolute atomic E-state index is 11.3. The standard InChI is InChI=1S/C11H26N2O3S/c1-4-17(14,15)11-5-8-13(2)9-6-12-7-10-16-3/h12H,4-11H2,1-3H3. The normalized spacial score (nSPS) is 12.2. The van der Waals surface area contributed by atoms with Crippen molar-refractivity contribution in [2.24, 2.45) is 0 Å². The fourth-order valence-electron chi connectivity index (χ4n) is 1.38. The summed E-state index contributed by atoms with van der Waals surface area (Å²) in [5, 5.41) is 3.25. The van der Waals surface area contributed by atoms with E-state index in [0.717, 1.165) is 32.8 Å². The maximum atomic E-state index is 11.3. The van der Waals surface area contributed by atoms with Crippen LogP contribution in [0.2, 0.25) is 0 Å². The molecular formula is C11H26N2O3S. The fourth-order valence-corrected chi connectivity index (χ4v) is 2.24. The molecule has 0 saturated carbocycles. The van der Waals surface area contributed by atoms with Gasteiger partial charge in [-0.25, -0.2) is 8.42 Å². The molecule has 0 saturated heterocycles. The summed E-state index contributed by atoms with van der Waals surface area (Å²) in [6.07, 6.45) is 0.713. The average Bonchev–Trinajstić information content (AvgIpc) is 2.28. The minimum Gasteiger partial charge on any atom is -0.383 e. The highest BCUT2D eigenvalue weighted by Gasteiger charge is 2.07. The molecule has 17 heavy (non-hydrogen) atoms. The molecule has 0 bridgehead atoms. The van der Waals surface area contributed by atoms with Crippen molar-refractivity contribution in [1.29, 1.82) is 0 Å². The van der Waals surface area contributed by atoms with Gasteiger partial charge in [-0.1, -0.05) is 6.92 Å². The minimum atomic E-state index is -2.81. The fraction of sp³-hybridized carbons (Fsp3) is 1.00. The van der Waals surface area contributed by atoms with Gasteiger partial charge in [0.25, 0.3) is 0 Å². The number of hydrogen-bond acceptors (Lipinski definition) is 5. The summed E-state index contributed by atoms with van der Waals surface area (Å²) >= 11 is 0. The summed E-state index contributed by atoms with van der Waals surface area (Å²) < 4.78 is 27.5. The summed E-state index contributed by atoms with van der Waals surface area (Å²) in [7, 11) is 0.887. The zero-order chi connectivity index (χ0) is 13.1. The van der Waals surface area contributed by atoms with Crippen LogP contribution in [-0.2, 0) is 14.6 Å². The monoisotopic (exact) mass is 266 g/mol. The third-order valence-corrected chi connectivity index (χ3v) is 4.38. The van der Waals surface area contributed by atoms with E-state index in [0.29, 0.717) is 12.2 Å². The van der Waals surface area contributed by atoms with Gasteiger partial charge in [0, 0.05) is 32.5 Å². The molecule has 5 nitrogen and oxygen atoms in total. The molecule has 0 aromatic carbocycles. The molecule has 0 amide bonds. The Bertz CT molecular complexity index is 268. The number of nitrogens with zero attached hydrogens (tertiary/aromatic N) is 1. The molecule has 0 spiro atoms. The van der Waals surface area contributed by atoms with E-state index in [1.807, 2.05) is 7.05 Å².